The zero-order valence-electron chi connectivity index (χ0n) is 15.3. The lowest BCUT2D eigenvalue weighted by molar-refractivity contribution is -0.121. The van der Waals surface area contributed by atoms with Crippen LogP contribution in [0.2, 0.25) is 5.02 Å². The summed E-state index contributed by atoms with van der Waals surface area (Å²) >= 11 is 5.97. The number of carbonyl (C=O) groups is 2. The summed E-state index contributed by atoms with van der Waals surface area (Å²) in [6.07, 6.45) is 1.32. The van der Waals surface area contributed by atoms with E-state index in [1.165, 1.54) is 0 Å². The number of nitrogens with one attached hydrogen (secondary N) is 1. The third-order valence-corrected chi connectivity index (χ3v) is 4.91. The summed E-state index contributed by atoms with van der Waals surface area (Å²) in [5, 5.41) is 3.27. The second-order valence-corrected chi connectivity index (χ2v) is 7.05. The molecule has 1 heterocycles. The Balaban J connectivity index is 1.82. The fraction of sp³-hybridized carbons (Fsp3) is 0.286. The van der Waals surface area contributed by atoms with Crippen molar-refractivity contribution in [3.63, 3.8) is 0 Å². The molecule has 0 bridgehead atoms. The van der Waals surface area contributed by atoms with Crippen molar-refractivity contribution >= 4 is 29.3 Å². The summed E-state index contributed by atoms with van der Waals surface area (Å²) in [5.74, 6) is -0.791. The Labute approximate surface area is 168 Å². The van der Waals surface area contributed by atoms with Crippen molar-refractivity contribution in [3.8, 4) is 0 Å². The fourth-order valence-electron chi connectivity index (χ4n) is 3.15. The van der Waals surface area contributed by atoms with Gasteiger partial charge in [-0.1, -0.05) is 48.0 Å². The average Bonchev–Trinajstić information content (AvgIpc) is 2.73. The lowest BCUT2D eigenvalue weighted by atomic mass is 9.91. The quantitative estimate of drug-likeness (QED) is 0.597. The molecule has 3 N–H and O–H groups in total. The molecule has 0 spiro atoms. The van der Waals surface area contributed by atoms with Crippen LogP contribution in [0.4, 0.5) is 0 Å². The molecule has 3 rings (SSSR count). The maximum absolute atomic E-state index is 12.9. The number of carbonyl (C=O) groups excluding carboxylic acids is 2. The third-order valence-electron chi connectivity index (χ3n) is 4.68. The summed E-state index contributed by atoms with van der Waals surface area (Å²) < 4.78 is 5.38. The summed E-state index contributed by atoms with van der Waals surface area (Å²) in [4.78, 5) is 29.6. The van der Waals surface area contributed by atoms with Crippen LogP contribution < -0.4 is 11.1 Å². The minimum atomic E-state index is -0.780. The molecule has 1 unspecified atom stereocenters. The predicted octanol–water partition coefficient (Wildman–Crippen LogP) is 2.80. The molecule has 0 saturated carbocycles. The van der Waals surface area contributed by atoms with Crippen LogP contribution in [0.25, 0.3) is 0 Å². The molecule has 7 heteroatoms. The maximum atomic E-state index is 12.9. The van der Waals surface area contributed by atoms with Crippen LogP contribution in [0.3, 0.4) is 0 Å². The topological polar surface area (TPSA) is 93.8 Å². The lowest BCUT2D eigenvalue weighted by Crippen LogP contribution is -2.47. The van der Waals surface area contributed by atoms with Gasteiger partial charge in [0.1, 0.15) is 11.9 Å². The third kappa shape index (κ3) is 5.18. The molecule has 2 amide bonds. The highest BCUT2D eigenvalue weighted by atomic mass is 35.5. The molecule has 0 aromatic heterocycles. The van der Waals surface area contributed by atoms with E-state index in [0.29, 0.717) is 42.2 Å². The van der Waals surface area contributed by atoms with E-state index >= 15 is 0 Å². The number of halogens is 1. The Hall–Kier alpha value is -2.70. The molecular formula is C21H22ClN3O3. The number of rotatable bonds is 5. The minimum Gasteiger partial charge on any atom is -0.383 e. The van der Waals surface area contributed by atoms with Crippen molar-refractivity contribution in [1.82, 2.24) is 5.32 Å². The number of hydrogen-bond acceptors (Lipinski definition) is 3. The molecular weight excluding hydrogens is 378 g/mol. The standard InChI is InChI=1S/C21H22ClN3O3/c22-17-8-4-7-16(13-17)20(26)24-18(14-9-11-28-12-10-14)21(27)25-19(23)15-5-2-1-3-6-15/h1-8,13-14,18H,9-12H2,(H,24,26)(H2,23,25,27). The number of aliphatic imine (C=N–C) groups is 1. The first-order chi connectivity index (χ1) is 13.5. The second-order valence-electron chi connectivity index (χ2n) is 6.61. The highest BCUT2D eigenvalue weighted by Crippen LogP contribution is 2.21. The average molecular weight is 400 g/mol. The molecule has 1 atom stereocenters. The van der Waals surface area contributed by atoms with Crippen molar-refractivity contribution in [2.24, 2.45) is 16.6 Å². The van der Waals surface area contributed by atoms with Gasteiger partial charge < -0.3 is 15.8 Å². The van der Waals surface area contributed by atoms with Crippen molar-refractivity contribution < 1.29 is 14.3 Å². The predicted molar refractivity (Wildman–Crippen MR) is 108 cm³/mol. The zero-order valence-corrected chi connectivity index (χ0v) is 16.1. The lowest BCUT2D eigenvalue weighted by Gasteiger charge is -2.29. The van der Waals surface area contributed by atoms with Crippen LogP contribution in [0.1, 0.15) is 28.8 Å². The van der Waals surface area contributed by atoms with Crippen LogP contribution in [0.15, 0.2) is 59.6 Å². The number of amidine groups is 1. The maximum Gasteiger partial charge on any atom is 0.270 e. The largest absolute Gasteiger partial charge is 0.383 e. The van der Waals surface area contributed by atoms with E-state index in [0.717, 1.165) is 0 Å². The number of ether oxygens (including phenoxy) is 1. The molecule has 0 radical (unpaired) electrons. The van der Waals surface area contributed by atoms with E-state index in [9.17, 15) is 9.59 Å². The van der Waals surface area contributed by atoms with Gasteiger partial charge >= 0.3 is 0 Å². The molecule has 146 valence electrons. The monoisotopic (exact) mass is 399 g/mol. The number of nitrogens with two attached hydrogens (primary N) is 1. The van der Waals surface area contributed by atoms with E-state index in [1.54, 1.807) is 36.4 Å². The Bertz CT molecular complexity index is 864. The fourth-order valence-corrected chi connectivity index (χ4v) is 3.34. The number of hydrogen-bond donors (Lipinski definition) is 2. The molecule has 2 aromatic carbocycles. The van der Waals surface area contributed by atoms with Gasteiger partial charge in [0.2, 0.25) is 0 Å². The van der Waals surface area contributed by atoms with Crippen LogP contribution in [0.5, 0.6) is 0 Å². The number of nitrogens with zero attached hydrogens (tertiary/aromatic N) is 1. The number of benzene rings is 2. The summed E-state index contributed by atoms with van der Waals surface area (Å²) in [6, 6.07) is 14.8. The van der Waals surface area contributed by atoms with E-state index in [1.807, 2.05) is 18.2 Å². The summed E-state index contributed by atoms with van der Waals surface area (Å²) in [6.45, 7) is 1.08. The summed E-state index contributed by atoms with van der Waals surface area (Å²) in [5.41, 5.74) is 7.04. The minimum absolute atomic E-state index is 0.0725. The first-order valence-corrected chi connectivity index (χ1v) is 9.50. The van der Waals surface area contributed by atoms with Crippen molar-refractivity contribution in [1.29, 1.82) is 0 Å². The second kappa shape index (κ2) is 9.48. The first kappa shape index (κ1) is 20.0. The molecule has 2 aromatic rings. The van der Waals surface area contributed by atoms with Gasteiger partial charge in [0.05, 0.1) is 0 Å². The van der Waals surface area contributed by atoms with Crippen LogP contribution >= 0.6 is 11.6 Å². The highest BCUT2D eigenvalue weighted by molar-refractivity contribution is 6.31. The van der Waals surface area contributed by atoms with E-state index in [4.69, 9.17) is 22.1 Å². The highest BCUT2D eigenvalue weighted by Gasteiger charge is 2.31. The van der Waals surface area contributed by atoms with Gasteiger partial charge in [0, 0.05) is 29.4 Å². The van der Waals surface area contributed by atoms with Gasteiger partial charge in [-0.2, -0.15) is 4.99 Å². The van der Waals surface area contributed by atoms with Gasteiger partial charge in [-0.25, -0.2) is 0 Å². The van der Waals surface area contributed by atoms with E-state index < -0.39 is 11.9 Å². The molecule has 1 fully saturated rings. The van der Waals surface area contributed by atoms with Gasteiger partial charge in [-0.3, -0.25) is 9.59 Å². The Morgan fingerprint density at radius 1 is 1.07 bits per heavy atom. The first-order valence-electron chi connectivity index (χ1n) is 9.12. The normalized spacial score (nSPS) is 16.4. The van der Waals surface area contributed by atoms with Crippen LogP contribution in [-0.4, -0.2) is 36.9 Å². The molecule has 1 aliphatic rings. The van der Waals surface area contributed by atoms with Crippen LogP contribution in [-0.2, 0) is 9.53 Å². The van der Waals surface area contributed by atoms with Crippen LogP contribution in [0, 0.1) is 5.92 Å². The molecule has 1 saturated heterocycles. The Morgan fingerprint density at radius 2 is 1.75 bits per heavy atom. The van der Waals surface area contributed by atoms with Gasteiger partial charge in [0.25, 0.3) is 11.8 Å². The van der Waals surface area contributed by atoms with Crippen molar-refractivity contribution in [2.45, 2.75) is 18.9 Å². The molecule has 28 heavy (non-hydrogen) atoms. The SMILES string of the molecule is NC(=NC(=O)C(NC(=O)c1cccc(Cl)c1)C1CCOCC1)c1ccccc1. The van der Waals surface area contributed by atoms with E-state index in [2.05, 4.69) is 10.3 Å². The molecule has 6 nitrogen and oxygen atoms in total. The zero-order chi connectivity index (χ0) is 19.9. The van der Waals surface area contributed by atoms with Crippen molar-refractivity contribution in [3.05, 3.63) is 70.7 Å². The number of amides is 2. The van der Waals surface area contributed by atoms with Gasteiger partial charge in [-0.15, -0.1) is 0 Å². The smallest absolute Gasteiger partial charge is 0.270 e. The van der Waals surface area contributed by atoms with Gasteiger partial charge in [-0.05, 0) is 37.0 Å². The molecule has 1 aliphatic heterocycles. The Morgan fingerprint density at radius 3 is 2.43 bits per heavy atom. The molecule has 0 aliphatic carbocycles. The van der Waals surface area contributed by atoms with Crippen molar-refractivity contribution in [2.75, 3.05) is 13.2 Å². The van der Waals surface area contributed by atoms with E-state index in [-0.39, 0.29) is 17.7 Å². The summed E-state index contributed by atoms with van der Waals surface area (Å²) in [7, 11) is 0. The van der Waals surface area contributed by atoms with Gasteiger partial charge in [0.15, 0.2) is 0 Å². The Kier molecular flexibility index (Phi) is 6.79.